The van der Waals surface area contributed by atoms with Gasteiger partial charge in [0.1, 0.15) is 6.33 Å². The molecule has 5 heteroatoms. The average Bonchev–Trinajstić information content (AvgIpc) is 3.03. The van der Waals surface area contributed by atoms with Gasteiger partial charge < -0.3 is 0 Å². The predicted octanol–water partition coefficient (Wildman–Crippen LogP) is 3.24. The van der Waals surface area contributed by atoms with E-state index in [9.17, 15) is 4.79 Å². The van der Waals surface area contributed by atoms with Crippen molar-refractivity contribution in [1.29, 1.82) is 0 Å². The van der Waals surface area contributed by atoms with Crippen LogP contribution in [0.1, 0.15) is 10.4 Å². The predicted molar refractivity (Wildman–Crippen MR) is 82.9 cm³/mol. The van der Waals surface area contributed by atoms with Crippen LogP contribution in [-0.4, -0.2) is 26.3 Å². The second kappa shape index (κ2) is 6.37. The number of para-hydroxylation sites is 1. The first-order valence-electron chi connectivity index (χ1n) is 6.51. The number of carbonyl (C=O) groups excluding carboxylic acids is 1. The van der Waals surface area contributed by atoms with E-state index in [0.29, 0.717) is 10.9 Å². The highest BCUT2D eigenvalue weighted by Crippen LogP contribution is 2.20. The molecule has 4 nitrogen and oxygen atoms in total. The highest BCUT2D eigenvalue weighted by atomic mass is 32.2. The van der Waals surface area contributed by atoms with Crippen LogP contribution in [0.5, 0.6) is 0 Å². The molecule has 0 aliphatic rings. The lowest BCUT2D eigenvalue weighted by Gasteiger charge is -2.05. The van der Waals surface area contributed by atoms with Gasteiger partial charge in [-0.15, -0.1) is 10.2 Å². The molecule has 0 atom stereocenters. The minimum Gasteiger partial charge on any atom is -0.293 e. The Balaban J connectivity index is 1.73. The molecule has 104 valence electrons. The fourth-order valence-electron chi connectivity index (χ4n) is 1.93. The van der Waals surface area contributed by atoms with Gasteiger partial charge in [0, 0.05) is 11.3 Å². The molecular formula is C16H13N3OS. The molecule has 0 bridgehead atoms. The van der Waals surface area contributed by atoms with Gasteiger partial charge in [0.15, 0.2) is 10.9 Å². The Labute approximate surface area is 126 Å². The van der Waals surface area contributed by atoms with Crippen molar-refractivity contribution in [3.8, 4) is 5.69 Å². The molecule has 1 heterocycles. The molecule has 0 radical (unpaired) electrons. The number of nitrogens with zero attached hydrogens (tertiary/aromatic N) is 3. The van der Waals surface area contributed by atoms with Crippen LogP contribution in [0.15, 0.2) is 72.1 Å². The minimum atomic E-state index is 0.0863. The van der Waals surface area contributed by atoms with Crippen molar-refractivity contribution < 1.29 is 4.79 Å². The van der Waals surface area contributed by atoms with Crippen LogP contribution in [0.3, 0.4) is 0 Å². The summed E-state index contributed by atoms with van der Waals surface area (Å²) in [7, 11) is 0. The van der Waals surface area contributed by atoms with Crippen molar-refractivity contribution in [2.75, 3.05) is 5.75 Å². The van der Waals surface area contributed by atoms with E-state index in [4.69, 9.17) is 0 Å². The number of aromatic nitrogens is 3. The molecule has 0 aliphatic heterocycles. The van der Waals surface area contributed by atoms with E-state index >= 15 is 0 Å². The van der Waals surface area contributed by atoms with E-state index in [-0.39, 0.29) is 5.78 Å². The first-order chi connectivity index (χ1) is 10.3. The van der Waals surface area contributed by atoms with Crippen LogP contribution in [0.25, 0.3) is 5.69 Å². The summed E-state index contributed by atoms with van der Waals surface area (Å²) in [6.07, 6.45) is 1.66. The van der Waals surface area contributed by atoms with Crippen LogP contribution < -0.4 is 0 Å². The fourth-order valence-corrected chi connectivity index (χ4v) is 2.75. The van der Waals surface area contributed by atoms with Gasteiger partial charge >= 0.3 is 0 Å². The Morgan fingerprint density at radius 2 is 1.67 bits per heavy atom. The van der Waals surface area contributed by atoms with Crippen molar-refractivity contribution in [2.24, 2.45) is 0 Å². The normalized spacial score (nSPS) is 10.5. The molecule has 0 fully saturated rings. The molecule has 0 spiro atoms. The van der Waals surface area contributed by atoms with Crippen LogP contribution in [0.4, 0.5) is 0 Å². The summed E-state index contributed by atoms with van der Waals surface area (Å²) < 4.78 is 1.88. The Morgan fingerprint density at radius 1 is 1.00 bits per heavy atom. The maximum atomic E-state index is 12.1. The molecular weight excluding hydrogens is 282 g/mol. The van der Waals surface area contributed by atoms with Gasteiger partial charge in [-0.3, -0.25) is 9.36 Å². The van der Waals surface area contributed by atoms with Gasteiger partial charge in [-0.05, 0) is 12.1 Å². The van der Waals surface area contributed by atoms with E-state index in [0.717, 1.165) is 11.3 Å². The molecule has 0 N–H and O–H groups in total. The number of benzene rings is 2. The number of hydrogen-bond donors (Lipinski definition) is 0. The zero-order valence-corrected chi connectivity index (χ0v) is 12.0. The van der Waals surface area contributed by atoms with Crippen molar-refractivity contribution in [3.63, 3.8) is 0 Å². The Kier molecular flexibility index (Phi) is 4.12. The quantitative estimate of drug-likeness (QED) is 0.535. The standard InChI is InChI=1S/C16H13N3OS/c20-15(13-7-3-1-4-8-13)11-21-16-18-17-12-19(16)14-9-5-2-6-10-14/h1-10,12H,11H2. The van der Waals surface area contributed by atoms with Gasteiger partial charge in [0.25, 0.3) is 0 Å². The van der Waals surface area contributed by atoms with Crippen molar-refractivity contribution in [2.45, 2.75) is 5.16 Å². The summed E-state index contributed by atoms with van der Waals surface area (Å²) in [5.74, 6) is 0.429. The lowest BCUT2D eigenvalue weighted by atomic mass is 10.2. The Hall–Kier alpha value is -2.40. The zero-order valence-electron chi connectivity index (χ0n) is 11.2. The molecule has 3 rings (SSSR count). The first kappa shape index (κ1) is 13.6. The number of ketones is 1. The third kappa shape index (κ3) is 3.20. The first-order valence-corrected chi connectivity index (χ1v) is 7.49. The van der Waals surface area contributed by atoms with E-state index in [2.05, 4.69) is 10.2 Å². The second-order valence-corrected chi connectivity index (χ2v) is 5.34. The summed E-state index contributed by atoms with van der Waals surface area (Å²) in [5, 5.41) is 8.73. The summed E-state index contributed by atoms with van der Waals surface area (Å²) in [6, 6.07) is 19.1. The largest absolute Gasteiger partial charge is 0.293 e. The topological polar surface area (TPSA) is 47.8 Å². The molecule has 0 saturated carbocycles. The molecule has 0 amide bonds. The van der Waals surface area contributed by atoms with E-state index in [1.165, 1.54) is 11.8 Å². The van der Waals surface area contributed by atoms with Crippen molar-refractivity contribution in [1.82, 2.24) is 14.8 Å². The zero-order chi connectivity index (χ0) is 14.5. The summed E-state index contributed by atoms with van der Waals surface area (Å²) in [6.45, 7) is 0. The maximum absolute atomic E-state index is 12.1. The summed E-state index contributed by atoms with van der Waals surface area (Å²) in [4.78, 5) is 12.1. The van der Waals surface area contributed by atoms with E-state index < -0.39 is 0 Å². The van der Waals surface area contributed by atoms with Crippen LogP contribution in [0.2, 0.25) is 0 Å². The van der Waals surface area contributed by atoms with E-state index in [1.54, 1.807) is 6.33 Å². The van der Waals surface area contributed by atoms with Gasteiger partial charge in [0.05, 0.1) is 5.75 Å². The van der Waals surface area contributed by atoms with Crippen LogP contribution >= 0.6 is 11.8 Å². The molecule has 2 aromatic carbocycles. The van der Waals surface area contributed by atoms with Crippen molar-refractivity contribution >= 4 is 17.5 Å². The van der Waals surface area contributed by atoms with Crippen LogP contribution in [0, 0.1) is 0 Å². The van der Waals surface area contributed by atoms with Gasteiger partial charge in [-0.1, -0.05) is 60.3 Å². The molecule has 21 heavy (non-hydrogen) atoms. The SMILES string of the molecule is O=C(CSc1nncn1-c1ccccc1)c1ccccc1. The molecule has 0 aliphatic carbocycles. The highest BCUT2D eigenvalue weighted by molar-refractivity contribution is 7.99. The molecule has 3 aromatic rings. The van der Waals surface area contributed by atoms with Gasteiger partial charge in [-0.2, -0.15) is 0 Å². The van der Waals surface area contributed by atoms with Gasteiger partial charge in [0.2, 0.25) is 0 Å². The number of carbonyl (C=O) groups is 1. The summed E-state index contributed by atoms with van der Waals surface area (Å²) >= 11 is 1.39. The smallest absolute Gasteiger partial charge is 0.196 e. The Morgan fingerprint density at radius 3 is 2.38 bits per heavy atom. The lowest BCUT2D eigenvalue weighted by molar-refractivity contribution is 0.102. The van der Waals surface area contributed by atoms with E-state index in [1.807, 2.05) is 65.2 Å². The van der Waals surface area contributed by atoms with Crippen molar-refractivity contribution in [3.05, 3.63) is 72.6 Å². The molecule has 1 aromatic heterocycles. The Bertz CT molecular complexity index is 726. The highest BCUT2D eigenvalue weighted by Gasteiger charge is 2.11. The molecule has 0 saturated heterocycles. The third-order valence-electron chi connectivity index (χ3n) is 2.98. The fraction of sp³-hybridized carbons (Fsp3) is 0.0625. The number of rotatable bonds is 5. The second-order valence-electron chi connectivity index (χ2n) is 4.40. The summed E-state index contributed by atoms with van der Waals surface area (Å²) in [5.41, 5.74) is 1.70. The molecule has 0 unspecified atom stereocenters. The third-order valence-corrected chi connectivity index (χ3v) is 3.92. The van der Waals surface area contributed by atoms with Crippen LogP contribution in [-0.2, 0) is 0 Å². The monoisotopic (exact) mass is 295 g/mol. The number of Topliss-reactive ketones (excluding diaryl/α,β-unsaturated/α-hetero) is 1. The van der Waals surface area contributed by atoms with Gasteiger partial charge in [-0.25, -0.2) is 0 Å². The average molecular weight is 295 g/mol. The number of thioether (sulfide) groups is 1. The minimum absolute atomic E-state index is 0.0863. The maximum Gasteiger partial charge on any atom is 0.196 e. The lowest BCUT2D eigenvalue weighted by Crippen LogP contribution is -2.03. The number of hydrogen-bond acceptors (Lipinski definition) is 4.